The normalized spacial score (nSPS) is 27.1. The minimum Gasteiger partial charge on any atom is -0.404 e. The summed E-state index contributed by atoms with van der Waals surface area (Å²) in [5.74, 6) is 1.18. The minimum absolute atomic E-state index is 0.550. The molecule has 1 unspecified atom stereocenters. The molecular weight excluding hydrogens is 148 g/mol. The first kappa shape index (κ1) is 9.04. The average Bonchev–Trinajstić information content (AvgIpc) is 2.05. The second-order valence-corrected chi connectivity index (χ2v) is 3.58. The first-order valence-electron chi connectivity index (χ1n) is 4.33. The average molecular weight is 164 g/mol. The number of rotatable bonds is 1. The van der Waals surface area contributed by atoms with Crippen LogP contribution in [0.2, 0.25) is 0 Å². The SMILES string of the molecule is CC(C)C1C=CC(=N)/C(=C\N)C1. The molecule has 12 heavy (non-hydrogen) atoms. The molecule has 0 saturated heterocycles. The van der Waals surface area contributed by atoms with Gasteiger partial charge in [-0.3, -0.25) is 0 Å². The van der Waals surface area contributed by atoms with Gasteiger partial charge in [-0.1, -0.05) is 19.9 Å². The summed E-state index contributed by atoms with van der Waals surface area (Å²) >= 11 is 0. The standard InChI is InChI=1S/C10H16N2/c1-7(2)8-3-4-10(12)9(5-8)6-11/h3-4,6-8,12H,5,11H2,1-2H3/b9-6-,12-10?. The minimum atomic E-state index is 0.550. The van der Waals surface area contributed by atoms with Crippen LogP contribution in [0, 0.1) is 17.2 Å². The van der Waals surface area contributed by atoms with E-state index in [1.807, 2.05) is 6.08 Å². The summed E-state index contributed by atoms with van der Waals surface area (Å²) in [4.78, 5) is 0. The highest BCUT2D eigenvalue weighted by Gasteiger charge is 2.17. The number of nitrogens with one attached hydrogen (secondary N) is 1. The maximum Gasteiger partial charge on any atom is 0.0583 e. The fraction of sp³-hybridized carbons (Fsp3) is 0.500. The van der Waals surface area contributed by atoms with Crippen molar-refractivity contribution in [2.45, 2.75) is 20.3 Å². The monoisotopic (exact) mass is 164 g/mol. The van der Waals surface area contributed by atoms with Crippen LogP contribution in [-0.2, 0) is 0 Å². The number of hydrogen-bond acceptors (Lipinski definition) is 2. The summed E-state index contributed by atoms with van der Waals surface area (Å²) in [6, 6.07) is 0. The highest BCUT2D eigenvalue weighted by Crippen LogP contribution is 2.25. The third-order valence-corrected chi connectivity index (χ3v) is 2.37. The van der Waals surface area contributed by atoms with Crippen molar-refractivity contribution in [3.8, 4) is 0 Å². The van der Waals surface area contributed by atoms with Crippen molar-refractivity contribution < 1.29 is 0 Å². The lowest BCUT2D eigenvalue weighted by Crippen LogP contribution is -2.16. The Bertz CT molecular complexity index is 236. The van der Waals surface area contributed by atoms with E-state index < -0.39 is 0 Å². The van der Waals surface area contributed by atoms with Crippen LogP contribution in [0.5, 0.6) is 0 Å². The van der Waals surface area contributed by atoms with Gasteiger partial charge in [-0.2, -0.15) is 0 Å². The van der Waals surface area contributed by atoms with Crippen molar-refractivity contribution in [3.63, 3.8) is 0 Å². The third kappa shape index (κ3) is 1.76. The van der Waals surface area contributed by atoms with Crippen LogP contribution in [0.15, 0.2) is 23.9 Å². The zero-order chi connectivity index (χ0) is 9.14. The number of nitrogens with two attached hydrogens (primary N) is 1. The molecule has 0 heterocycles. The predicted molar refractivity (Wildman–Crippen MR) is 52.1 cm³/mol. The van der Waals surface area contributed by atoms with E-state index in [9.17, 15) is 0 Å². The van der Waals surface area contributed by atoms with E-state index in [2.05, 4.69) is 19.9 Å². The summed E-state index contributed by atoms with van der Waals surface area (Å²) in [5.41, 5.74) is 6.95. The third-order valence-electron chi connectivity index (χ3n) is 2.37. The second-order valence-electron chi connectivity index (χ2n) is 3.58. The fourth-order valence-electron chi connectivity index (χ4n) is 1.37. The van der Waals surface area contributed by atoms with Gasteiger partial charge < -0.3 is 11.1 Å². The van der Waals surface area contributed by atoms with Gasteiger partial charge in [0, 0.05) is 0 Å². The largest absolute Gasteiger partial charge is 0.404 e. The first-order chi connectivity index (χ1) is 5.65. The van der Waals surface area contributed by atoms with Crippen molar-refractivity contribution in [2.24, 2.45) is 17.6 Å². The fourth-order valence-corrected chi connectivity index (χ4v) is 1.37. The van der Waals surface area contributed by atoms with Gasteiger partial charge in [0.2, 0.25) is 0 Å². The molecule has 1 rings (SSSR count). The van der Waals surface area contributed by atoms with Crippen LogP contribution in [0.25, 0.3) is 0 Å². The highest BCUT2D eigenvalue weighted by atomic mass is 14.5. The smallest absolute Gasteiger partial charge is 0.0583 e. The van der Waals surface area contributed by atoms with E-state index in [1.165, 1.54) is 0 Å². The van der Waals surface area contributed by atoms with Gasteiger partial charge in [0.15, 0.2) is 0 Å². The Labute approximate surface area is 73.7 Å². The van der Waals surface area contributed by atoms with E-state index in [-0.39, 0.29) is 0 Å². The van der Waals surface area contributed by atoms with Gasteiger partial charge in [0.1, 0.15) is 0 Å². The Kier molecular flexibility index (Phi) is 2.69. The lowest BCUT2D eigenvalue weighted by atomic mass is 9.83. The van der Waals surface area contributed by atoms with Crippen LogP contribution in [0.4, 0.5) is 0 Å². The molecule has 1 aliphatic rings. The molecule has 0 aromatic heterocycles. The lowest BCUT2D eigenvalue weighted by molar-refractivity contribution is 0.463. The van der Waals surface area contributed by atoms with Crippen molar-refractivity contribution in [2.75, 3.05) is 0 Å². The van der Waals surface area contributed by atoms with Gasteiger partial charge in [-0.05, 0) is 36.1 Å². The summed E-state index contributed by atoms with van der Waals surface area (Å²) in [7, 11) is 0. The summed E-state index contributed by atoms with van der Waals surface area (Å²) in [6.45, 7) is 4.39. The molecule has 0 spiro atoms. The summed E-state index contributed by atoms with van der Waals surface area (Å²) < 4.78 is 0. The molecule has 66 valence electrons. The molecule has 0 radical (unpaired) electrons. The van der Waals surface area contributed by atoms with Gasteiger partial charge in [0.25, 0.3) is 0 Å². The van der Waals surface area contributed by atoms with E-state index in [0.29, 0.717) is 17.5 Å². The molecule has 0 aromatic carbocycles. The van der Waals surface area contributed by atoms with Crippen LogP contribution in [0.3, 0.4) is 0 Å². The summed E-state index contributed by atoms with van der Waals surface area (Å²) in [6.07, 6.45) is 6.44. The molecule has 0 bridgehead atoms. The van der Waals surface area contributed by atoms with Crippen molar-refractivity contribution in [1.29, 1.82) is 5.41 Å². The maximum atomic E-state index is 7.54. The highest BCUT2D eigenvalue weighted by molar-refractivity contribution is 6.06. The molecule has 0 aliphatic heterocycles. The van der Waals surface area contributed by atoms with Crippen LogP contribution in [0.1, 0.15) is 20.3 Å². The van der Waals surface area contributed by atoms with E-state index in [0.717, 1.165) is 12.0 Å². The molecule has 0 fully saturated rings. The Morgan fingerprint density at radius 3 is 2.83 bits per heavy atom. The van der Waals surface area contributed by atoms with Gasteiger partial charge in [0.05, 0.1) is 5.71 Å². The van der Waals surface area contributed by atoms with Crippen LogP contribution in [-0.4, -0.2) is 5.71 Å². The second kappa shape index (κ2) is 3.57. The van der Waals surface area contributed by atoms with E-state index in [4.69, 9.17) is 11.1 Å². The van der Waals surface area contributed by atoms with Crippen molar-refractivity contribution in [3.05, 3.63) is 23.9 Å². The molecule has 1 atom stereocenters. The number of hydrogen-bond donors (Lipinski definition) is 2. The van der Waals surface area contributed by atoms with Crippen LogP contribution >= 0.6 is 0 Å². The molecule has 3 N–H and O–H groups in total. The van der Waals surface area contributed by atoms with Gasteiger partial charge >= 0.3 is 0 Å². The molecule has 0 saturated carbocycles. The molecule has 2 nitrogen and oxygen atoms in total. The Balaban J connectivity index is 2.78. The molecule has 1 aliphatic carbocycles. The molecule has 0 aromatic rings. The van der Waals surface area contributed by atoms with E-state index in [1.54, 1.807) is 6.20 Å². The first-order valence-corrected chi connectivity index (χ1v) is 4.33. The Morgan fingerprint density at radius 2 is 2.33 bits per heavy atom. The predicted octanol–water partition coefficient (Wildman–Crippen LogP) is 2.08. The number of allylic oxidation sites excluding steroid dienone is 3. The zero-order valence-corrected chi connectivity index (χ0v) is 7.67. The van der Waals surface area contributed by atoms with Crippen LogP contribution < -0.4 is 5.73 Å². The topological polar surface area (TPSA) is 49.9 Å². The zero-order valence-electron chi connectivity index (χ0n) is 7.67. The Hall–Kier alpha value is -1.05. The maximum absolute atomic E-state index is 7.54. The molecular formula is C10H16N2. The molecule has 0 amide bonds. The van der Waals surface area contributed by atoms with Gasteiger partial charge in [-0.25, -0.2) is 0 Å². The Morgan fingerprint density at radius 1 is 1.67 bits per heavy atom. The van der Waals surface area contributed by atoms with Gasteiger partial charge in [-0.15, -0.1) is 0 Å². The quantitative estimate of drug-likeness (QED) is 0.612. The van der Waals surface area contributed by atoms with Crippen molar-refractivity contribution >= 4 is 5.71 Å². The molecule has 2 heteroatoms. The van der Waals surface area contributed by atoms with Crippen molar-refractivity contribution in [1.82, 2.24) is 0 Å². The summed E-state index contributed by atoms with van der Waals surface area (Å²) in [5, 5.41) is 7.54. The lowest BCUT2D eigenvalue weighted by Gasteiger charge is -2.22. The van der Waals surface area contributed by atoms with E-state index >= 15 is 0 Å².